The van der Waals surface area contributed by atoms with Crippen molar-refractivity contribution in [1.29, 1.82) is 0 Å². The monoisotopic (exact) mass is 393 g/mol. The van der Waals surface area contributed by atoms with Crippen LogP contribution in [0.1, 0.15) is 18.7 Å². The van der Waals surface area contributed by atoms with E-state index in [9.17, 15) is 4.79 Å². The van der Waals surface area contributed by atoms with Gasteiger partial charge in [0.25, 0.3) is 0 Å². The molecule has 0 atom stereocenters. The maximum Gasteiger partial charge on any atom is 0.303 e. The fourth-order valence-electron chi connectivity index (χ4n) is 2.62. The zero-order valence-electron chi connectivity index (χ0n) is 13.5. The van der Waals surface area contributed by atoms with Crippen molar-refractivity contribution in [2.24, 2.45) is 7.05 Å². The summed E-state index contributed by atoms with van der Waals surface area (Å²) in [7, 11) is 1.96. The van der Waals surface area contributed by atoms with E-state index in [-0.39, 0.29) is 18.8 Å². The van der Waals surface area contributed by atoms with E-state index in [2.05, 4.69) is 16.0 Å². The van der Waals surface area contributed by atoms with Gasteiger partial charge >= 0.3 is 5.97 Å². The average molecular weight is 395 g/mol. The van der Waals surface area contributed by atoms with E-state index >= 15 is 0 Å². The van der Waals surface area contributed by atoms with Gasteiger partial charge in [0.05, 0.1) is 11.0 Å². The normalized spacial score (nSPS) is 10.6. The third-order valence-corrected chi connectivity index (χ3v) is 4.16. The number of aliphatic carboxylic acids is 1. The van der Waals surface area contributed by atoms with E-state index < -0.39 is 5.97 Å². The van der Waals surface area contributed by atoms with Gasteiger partial charge in [0.1, 0.15) is 5.82 Å². The highest BCUT2D eigenvalue weighted by atomic mass is 35.5. The molecule has 5 nitrogen and oxygen atoms in total. The predicted molar refractivity (Wildman–Crippen MR) is 102 cm³/mol. The van der Waals surface area contributed by atoms with Crippen molar-refractivity contribution in [2.75, 3.05) is 29.7 Å². The smallest absolute Gasteiger partial charge is 0.303 e. The zero-order chi connectivity index (χ0) is 16.8. The number of nitrogens with zero attached hydrogens (tertiary/aromatic N) is 3. The molecular formula is C16H22Cl3N3O2. The van der Waals surface area contributed by atoms with Crippen molar-refractivity contribution in [2.45, 2.75) is 19.3 Å². The topological polar surface area (TPSA) is 58.4 Å². The van der Waals surface area contributed by atoms with Crippen LogP contribution in [0.2, 0.25) is 0 Å². The number of aryl methyl sites for hydroxylation is 2. The molecule has 0 radical (unpaired) electrons. The van der Waals surface area contributed by atoms with Crippen molar-refractivity contribution >= 4 is 58.3 Å². The standard InChI is InChI=1S/C16H21Cl2N3O2.ClH/c1-20-14-11-12(21(9-7-17)10-8-18)5-6-13(14)19-15(20)3-2-4-16(22)23;/h5-6,11H,2-4,7-10H2,1H3,(H,22,23);1H. The lowest BCUT2D eigenvalue weighted by Crippen LogP contribution is -2.27. The summed E-state index contributed by atoms with van der Waals surface area (Å²) in [6.07, 6.45) is 1.40. The van der Waals surface area contributed by atoms with Gasteiger partial charge in [-0.2, -0.15) is 0 Å². The number of rotatable bonds is 9. The van der Waals surface area contributed by atoms with Crippen molar-refractivity contribution in [3.8, 4) is 0 Å². The molecule has 0 amide bonds. The lowest BCUT2D eigenvalue weighted by molar-refractivity contribution is -0.137. The van der Waals surface area contributed by atoms with Gasteiger partial charge in [-0.3, -0.25) is 4.79 Å². The number of hydrogen-bond donors (Lipinski definition) is 1. The van der Waals surface area contributed by atoms with Gasteiger partial charge in [-0.15, -0.1) is 35.6 Å². The van der Waals surface area contributed by atoms with Gasteiger partial charge in [-0.05, 0) is 24.6 Å². The van der Waals surface area contributed by atoms with Gasteiger partial charge in [0.15, 0.2) is 0 Å². The number of halogens is 3. The summed E-state index contributed by atoms with van der Waals surface area (Å²) in [6.45, 7) is 1.48. The quantitative estimate of drug-likeness (QED) is 0.659. The number of carboxylic acid groups (broad SMARTS) is 1. The first kappa shape index (κ1) is 20.9. The number of carboxylic acids is 1. The highest BCUT2D eigenvalue weighted by molar-refractivity contribution is 6.18. The van der Waals surface area contributed by atoms with Crippen LogP contribution in [-0.2, 0) is 18.3 Å². The van der Waals surface area contributed by atoms with Gasteiger partial charge < -0.3 is 14.6 Å². The molecule has 0 spiro atoms. The van der Waals surface area contributed by atoms with Crippen LogP contribution in [0.25, 0.3) is 11.0 Å². The molecule has 0 unspecified atom stereocenters. The molecule has 24 heavy (non-hydrogen) atoms. The maximum absolute atomic E-state index is 10.6. The third-order valence-electron chi connectivity index (χ3n) is 3.82. The largest absolute Gasteiger partial charge is 0.481 e. The van der Waals surface area contributed by atoms with E-state index in [1.165, 1.54) is 0 Å². The zero-order valence-corrected chi connectivity index (χ0v) is 15.9. The number of alkyl halides is 2. The minimum Gasteiger partial charge on any atom is -0.481 e. The fourth-order valence-corrected chi connectivity index (χ4v) is 3.03. The first-order valence-corrected chi connectivity index (χ1v) is 8.67. The Labute approximate surface area is 158 Å². The molecule has 1 N–H and O–H groups in total. The average Bonchev–Trinajstić information content (AvgIpc) is 2.83. The summed E-state index contributed by atoms with van der Waals surface area (Å²) in [5, 5.41) is 8.74. The van der Waals surface area contributed by atoms with Gasteiger partial charge in [0, 0.05) is 50.4 Å². The van der Waals surface area contributed by atoms with Crippen molar-refractivity contribution in [3.63, 3.8) is 0 Å². The van der Waals surface area contributed by atoms with Crippen molar-refractivity contribution in [3.05, 3.63) is 24.0 Å². The number of benzene rings is 1. The Kier molecular flexibility index (Phi) is 8.67. The fraction of sp³-hybridized carbons (Fsp3) is 0.500. The Morgan fingerprint density at radius 2 is 1.96 bits per heavy atom. The number of fused-ring (bicyclic) bond motifs is 1. The molecule has 8 heteroatoms. The molecule has 0 saturated heterocycles. The number of anilines is 1. The van der Waals surface area contributed by atoms with Crippen LogP contribution in [0.3, 0.4) is 0 Å². The van der Waals surface area contributed by atoms with Crippen molar-refractivity contribution < 1.29 is 9.90 Å². The number of hydrogen-bond acceptors (Lipinski definition) is 3. The molecule has 2 rings (SSSR count). The van der Waals surface area contributed by atoms with Gasteiger partial charge in [-0.25, -0.2) is 4.98 Å². The predicted octanol–water partition coefficient (Wildman–Crippen LogP) is 3.69. The molecule has 0 aliphatic carbocycles. The van der Waals surface area contributed by atoms with Crippen LogP contribution in [0.5, 0.6) is 0 Å². The molecule has 0 aliphatic heterocycles. The molecular weight excluding hydrogens is 373 g/mol. The second-order valence-electron chi connectivity index (χ2n) is 5.37. The van der Waals surface area contributed by atoms with Crippen LogP contribution in [-0.4, -0.2) is 45.5 Å². The Morgan fingerprint density at radius 3 is 2.54 bits per heavy atom. The second-order valence-corrected chi connectivity index (χ2v) is 6.13. The number of aromatic nitrogens is 2. The molecule has 0 fully saturated rings. The summed E-state index contributed by atoms with van der Waals surface area (Å²) in [6, 6.07) is 6.10. The minimum atomic E-state index is -0.774. The summed E-state index contributed by atoms with van der Waals surface area (Å²) >= 11 is 11.7. The summed E-state index contributed by atoms with van der Waals surface area (Å²) in [4.78, 5) is 17.4. The van der Waals surface area contributed by atoms with Crippen LogP contribution in [0, 0.1) is 0 Å². The Bertz CT molecular complexity index is 670. The molecule has 1 aromatic carbocycles. The molecule has 0 saturated carbocycles. The summed E-state index contributed by atoms with van der Waals surface area (Å²) in [5.41, 5.74) is 3.01. The molecule has 2 aromatic rings. The number of carbonyl (C=O) groups is 1. The SMILES string of the molecule is Cl.Cn1c(CCCC(=O)O)nc2ccc(N(CCCl)CCCl)cc21. The highest BCUT2D eigenvalue weighted by Gasteiger charge is 2.12. The Balaban J connectivity index is 0.00000288. The molecule has 0 bridgehead atoms. The summed E-state index contributed by atoms with van der Waals surface area (Å²) < 4.78 is 2.03. The van der Waals surface area contributed by atoms with E-state index in [0.717, 1.165) is 35.6 Å². The van der Waals surface area contributed by atoms with Crippen LogP contribution >= 0.6 is 35.6 Å². The second kappa shape index (κ2) is 9.97. The highest BCUT2D eigenvalue weighted by Crippen LogP contribution is 2.23. The van der Waals surface area contributed by atoms with E-state index in [1.54, 1.807) is 0 Å². The van der Waals surface area contributed by atoms with Crippen LogP contribution in [0.15, 0.2) is 18.2 Å². The molecule has 1 aromatic heterocycles. The van der Waals surface area contributed by atoms with Crippen LogP contribution in [0.4, 0.5) is 5.69 Å². The van der Waals surface area contributed by atoms with Gasteiger partial charge in [0.2, 0.25) is 0 Å². The number of imidazole rings is 1. The molecule has 1 heterocycles. The van der Waals surface area contributed by atoms with Crippen LogP contribution < -0.4 is 4.90 Å². The minimum absolute atomic E-state index is 0. The lowest BCUT2D eigenvalue weighted by atomic mass is 10.2. The summed E-state index contributed by atoms with van der Waals surface area (Å²) in [5.74, 6) is 1.21. The van der Waals surface area contributed by atoms with Crippen molar-refractivity contribution in [1.82, 2.24) is 9.55 Å². The van der Waals surface area contributed by atoms with E-state index in [4.69, 9.17) is 28.3 Å². The van der Waals surface area contributed by atoms with Gasteiger partial charge in [-0.1, -0.05) is 0 Å². The molecule has 134 valence electrons. The third kappa shape index (κ3) is 5.16. The molecule has 0 aliphatic rings. The van der Waals surface area contributed by atoms with E-state index in [1.807, 2.05) is 23.7 Å². The first-order valence-electron chi connectivity index (χ1n) is 7.61. The Morgan fingerprint density at radius 1 is 1.29 bits per heavy atom. The van der Waals surface area contributed by atoms with E-state index in [0.29, 0.717) is 24.6 Å². The first-order chi connectivity index (χ1) is 11.1. The Hall–Kier alpha value is -1.17. The lowest BCUT2D eigenvalue weighted by Gasteiger charge is -2.22. The maximum atomic E-state index is 10.6.